The van der Waals surface area contributed by atoms with Crippen molar-refractivity contribution in [2.45, 2.75) is 0 Å². The molecule has 3 aromatic rings. The first-order chi connectivity index (χ1) is 11.5. The van der Waals surface area contributed by atoms with Crippen molar-refractivity contribution in [1.82, 2.24) is 15.0 Å². The quantitative estimate of drug-likeness (QED) is 0.544. The number of nitrogens with one attached hydrogen (secondary N) is 2. The maximum atomic E-state index is 6.15. The molecule has 0 atom stereocenters. The highest BCUT2D eigenvalue weighted by atomic mass is 79.9. The van der Waals surface area contributed by atoms with Gasteiger partial charge in [-0.15, -0.1) is 0 Å². The highest BCUT2D eigenvalue weighted by Crippen LogP contribution is 2.32. The van der Waals surface area contributed by atoms with Gasteiger partial charge in [-0.25, -0.2) is 15.0 Å². The van der Waals surface area contributed by atoms with Crippen molar-refractivity contribution in [2.24, 2.45) is 0 Å². The number of hydrogen-bond donors (Lipinski definition) is 3. The van der Waals surface area contributed by atoms with Gasteiger partial charge in [-0.1, -0.05) is 23.2 Å². The SMILES string of the molecule is Nc1c(Nc2ccc(Br)cn2)ncnc1Nc1ccc(Cl)cc1Cl. The largest absolute Gasteiger partial charge is 0.393 e. The zero-order valence-corrected chi connectivity index (χ0v) is 15.2. The number of anilines is 5. The Balaban J connectivity index is 1.86. The molecule has 0 aliphatic heterocycles. The molecular weight excluding hydrogens is 415 g/mol. The molecule has 0 spiro atoms. The van der Waals surface area contributed by atoms with Crippen LogP contribution >= 0.6 is 39.1 Å². The fourth-order valence-corrected chi connectivity index (χ4v) is 2.57. The van der Waals surface area contributed by atoms with Gasteiger partial charge in [0.15, 0.2) is 11.6 Å². The lowest BCUT2D eigenvalue weighted by atomic mass is 10.3. The van der Waals surface area contributed by atoms with Crippen LogP contribution < -0.4 is 16.4 Å². The highest BCUT2D eigenvalue weighted by molar-refractivity contribution is 9.10. The third kappa shape index (κ3) is 3.87. The molecule has 1 aromatic carbocycles. The Morgan fingerprint density at radius 3 is 2.38 bits per heavy atom. The van der Waals surface area contributed by atoms with E-state index in [1.54, 1.807) is 30.5 Å². The molecule has 9 heteroatoms. The summed E-state index contributed by atoms with van der Waals surface area (Å²) in [5, 5.41) is 7.12. The maximum Gasteiger partial charge on any atom is 0.160 e. The van der Waals surface area contributed by atoms with E-state index in [9.17, 15) is 0 Å². The minimum atomic E-state index is 0.341. The monoisotopic (exact) mass is 424 g/mol. The Kier molecular flexibility index (Phi) is 5.03. The van der Waals surface area contributed by atoms with E-state index in [0.29, 0.717) is 38.9 Å². The van der Waals surface area contributed by atoms with Crippen molar-refractivity contribution in [1.29, 1.82) is 0 Å². The molecule has 0 aliphatic carbocycles. The average molecular weight is 426 g/mol. The summed E-state index contributed by atoms with van der Waals surface area (Å²) < 4.78 is 0.878. The molecule has 6 nitrogen and oxygen atoms in total. The summed E-state index contributed by atoms with van der Waals surface area (Å²) in [6, 6.07) is 8.76. The topological polar surface area (TPSA) is 88.8 Å². The lowest BCUT2D eigenvalue weighted by Gasteiger charge is -2.13. The molecule has 0 saturated heterocycles. The number of nitrogens with two attached hydrogens (primary N) is 1. The van der Waals surface area contributed by atoms with Crippen LogP contribution in [-0.4, -0.2) is 15.0 Å². The van der Waals surface area contributed by atoms with E-state index >= 15 is 0 Å². The summed E-state index contributed by atoms with van der Waals surface area (Å²) in [4.78, 5) is 12.5. The number of benzene rings is 1. The van der Waals surface area contributed by atoms with Crippen molar-refractivity contribution in [2.75, 3.05) is 16.4 Å². The van der Waals surface area contributed by atoms with E-state index in [1.807, 2.05) is 6.07 Å². The van der Waals surface area contributed by atoms with Crippen LogP contribution in [0.25, 0.3) is 0 Å². The van der Waals surface area contributed by atoms with Crippen LogP contribution in [0, 0.1) is 0 Å². The molecule has 0 unspecified atom stereocenters. The number of aromatic nitrogens is 3. The van der Waals surface area contributed by atoms with E-state index in [0.717, 1.165) is 4.47 Å². The van der Waals surface area contributed by atoms with E-state index < -0.39 is 0 Å². The fraction of sp³-hybridized carbons (Fsp3) is 0. The van der Waals surface area contributed by atoms with Crippen LogP contribution in [-0.2, 0) is 0 Å². The maximum absolute atomic E-state index is 6.15. The van der Waals surface area contributed by atoms with E-state index in [-0.39, 0.29) is 0 Å². The predicted molar refractivity (Wildman–Crippen MR) is 101 cm³/mol. The van der Waals surface area contributed by atoms with E-state index in [1.165, 1.54) is 6.33 Å². The molecule has 4 N–H and O–H groups in total. The Labute approximate surface area is 156 Å². The molecule has 0 aliphatic rings. The lowest BCUT2D eigenvalue weighted by molar-refractivity contribution is 1.16. The molecule has 0 radical (unpaired) electrons. The van der Waals surface area contributed by atoms with Gasteiger partial charge < -0.3 is 16.4 Å². The molecule has 0 saturated carbocycles. The molecule has 24 heavy (non-hydrogen) atoms. The second-order valence-electron chi connectivity index (χ2n) is 4.72. The summed E-state index contributed by atoms with van der Waals surface area (Å²) in [6.45, 7) is 0. The number of pyridine rings is 1. The first-order valence-electron chi connectivity index (χ1n) is 6.74. The van der Waals surface area contributed by atoms with Gasteiger partial charge in [0.05, 0.1) is 10.7 Å². The molecule has 3 rings (SSSR count). The van der Waals surface area contributed by atoms with Gasteiger partial charge in [-0.05, 0) is 46.3 Å². The van der Waals surface area contributed by atoms with Gasteiger partial charge in [-0.3, -0.25) is 0 Å². The highest BCUT2D eigenvalue weighted by Gasteiger charge is 2.11. The Hall–Kier alpha value is -2.09. The van der Waals surface area contributed by atoms with E-state index in [2.05, 4.69) is 41.5 Å². The molecule has 0 amide bonds. The van der Waals surface area contributed by atoms with Gasteiger partial charge in [-0.2, -0.15) is 0 Å². The van der Waals surface area contributed by atoms with E-state index in [4.69, 9.17) is 28.9 Å². The normalized spacial score (nSPS) is 10.5. The first kappa shape index (κ1) is 16.8. The van der Waals surface area contributed by atoms with Gasteiger partial charge in [0, 0.05) is 15.7 Å². The molecule has 0 fully saturated rings. The van der Waals surface area contributed by atoms with Crippen LogP contribution in [0.4, 0.5) is 28.8 Å². The Bertz CT molecular complexity index is 872. The number of hydrogen-bond acceptors (Lipinski definition) is 6. The van der Waals surface area contributed by atoms with Crippen LogP contribution in [0.5, 0.6) is 0 Å². The molecule has 0 bridgehead atoms. The zero-order valence-electron chi connectivity index (χ0n) is 12.1. The number of halogens is 3. The predicted octanol–water partition coefficient (Wildman–Crippen LogP) is 5.01. The molecule has 122 valence electrons. The van der Waals surface area contributed by atoms with Crippen LogP contribution in [0.15, 0.2) is 47.3 Å². The van der Waals surface area contributed by atoms with Gasteiger partial charge in [0.25, 0.3) is 0 Å². The molecule has 2 heterocycles. The van der Waals surface area contributed by atoms with Gasteiger partial charge in [0.2, 0.25) is 0 Å². The third-order valence-corrected chi connectivity index (χ3v) is 4.06. The molecular formula is C15H11BrCl2N6. The second-order valence-corrected chi connectivity index (χ2v) is 6.48. The van der Waals surface area contributed by atoms with Crippen molar-refractivity contribution in [3.05, 3.63) is 57.4 Å². The smallest absolute Gasteiger partial charge is 0.160 e. The minimum absolute atomic E-state index is 0.341. The van der Waals surface area contributed by atoms with Crippen molar-refractivity contribution in [3.63, 3.8) is 0 Å². The van der Waals surface area contributed by atoms with Crippen molar-refractivity contribution < 1.29 is 0 Å². The number of nitrogens with zero attached hydrogens (tertiary/aromatic N) is 3. The third-order valence-electron chi connectivity index (χ3n) is 3.04. The van der Waals surface area contributed by atoms with Crippen molar-refractivity contribution in [3.8, 4) is 0 Å². The lowest BCUT2D eigenvalue weighted by Crippen LogP contribution is -2.06. The molecule has 2 aromatic heterocycles. The summed E-state index contributed by atoms with van der Waals surface area (Å²) in [6.07, 6.45) is 3.07. The summed E-state index contributed by atoms with van der Waals surface area (Å²) in [5.41, 5.74) is 7.11. The summed E-state index contributed by atoms with van der Waals surface area (Å²) >= 11 is 15.4. The van der Waals surface area contributed by atoms with Crippen LogP contribution in [0.1, 0.15) is 0 Å². The number of rotatable bonds is 4. The van der Waals surface area contributed by atoms with Gasteiger partial charge >= 0.3 is 0 Å². The Morgan fingerprint density at radius 1 is 0.958 bits per heavy atom. The van der Waals surface area contributed by atoms with Crippen LogP contribution in [0.3, 0.4) is 0 Å². The zero-order chi connectivity index (χ0) is 17.1. The summed E-state index contributed by atoms with van der Waals surface area (Å²) in [5.74, 6) is 1.47. The Morgan fingerprint density at radius 2 is 1.71 bits per heavy atom. The van der Waals surface area contributed by atoms with Crippen molar-refractivity contribution >= 4 is 68.0 Å². The minimum Gasteiger partial charge on any atom is -0.393 e. The summed E-state index contributed by atoms with van der Waals surface area (Å²) in [7, 11) is 0. The standard InChI is InChI=1S/C15H11BrCl2N6/c16-8-1-4-12(20-6-8)24-15-13(19)14(21-7-22-15)23-11-3-2-9(17)5-10(11)18/h1-7H,19H2,(H2,20,21,22,23,24). The average Bonchev–Trinajstić information content (AvgIpc) is 2.55. The number of nitrogen functional groups attached to an aromatic ring is 1. The van der Waals surface area contributed by atoms with Gasteiger partial charge in [0.1, 0.15) is 17.8 Å². The first-order valence-corrected chi connectivity index (χ1v) is 8.29. The van der Waals surface area contributed by atoms with Crippen LogP contribution in [0.2, 0.25) is 10.0 Å². The second kappa shape index (κ2) is 7.21. The fourth-order valence-electron chi connectivity index (χ4n) is 1.88.